The number of hydrogen-bond donors (Lipinski definition) is 2. The minimum atomic E-state index is -0.348. The van der Waals surface area contributed by atoms with Crippen LogP contribution >= 0.6 is 0 Å². The summed E-state index contributed by atoms with van der Waals surface area (Å²) in [6, 6.07) is 12.7. The lowest BCUT2D eigenvalue weighted by Crippen LogP contribution is -2.39. The Morgan fingerprint density at radius 2 is 1.92 bits per heavy atom. The number of benzene rings is 2. The van der Waals surface area contributed by atoms with Crippen molar-refractivity contribution in [1.82, 2.24) is 5.32 Å². The molecule has 5 nitrogen and oxygen atoms in total. The van der Waals surface area contributed by atoms with Crippen LogP contribution in [0, 0.1) is 5.82 Å². The quantitative estimate of drug-likeness (QED) is 0.896. The number of para-hydroxylation sites is 1. The topological polar surface area (TPSA) is 61.4 Å². The smallest absolute Gasteiger partial charge is 0.319 e. The zero-order valence-electron chi connectivity index (χ0n) is 14.0. The largest absolute Gasteiger partial charge is 0.333 e. The molecule has 2 aromatic carbocycles. The molecule has 0 bridgehead atoms. The highest BCUT2D eigenvalue weighted by molar-refractivity contribution is 5.97. The van der Waals surface area contributed by atoms with Crippen LogP contribution in [0.2, 0.25) is 0 Å². The Morgan fingerprint density at radius 1 is 1.20 bits per heavy atom. The van der Waals surface area contributed by atoms with Gasteiger partial charge < -0.3 is 15.5 Å². The monoisotopic (exact) mass is 341 g/mol. The fraction of sp³-hybridized carbons (Fsp3) is 0.263. The average Bonchev–Trinajstić information content (AvgIpc) is 2.96. The second-order valence-corrected chi connectivity index (χ2v) is 5.99. The third-order valence-electron chi connectivity index (χ3n) is 4.25. The first-order valence-corrected chi connectivity index (χ1v) is 8.28. The highest BCUT2D eigenvalue weighted by Gasteiger charge is 2.31. The van der Waals surface area contributed by atoms with E-state index >= 15 is 0 Å². The molecule has 1 aliphatic rings. The van der Waals surface area contributed by atoms with Crippen molar-refractivity contribution in [2.45, 2.75) is 25.8 Å². The molecule has 0 aliphatic carbocycles. The van der Waals surface area contributed by atoms with Crippen molar-refractivity contribution in [1.29, 1.82) is 0 Å². The van der Waals surface area contributed by atoms with Gasteiger partial charge in [-0.1, -0.05) is 25.1 Å². The summed E-state index contributed by atoms with van der Waals surface area (Å²) in [5.74, 6) is -0.440. The van der Waals surface area contributed by atoms with E-state index in [2.05, 4.69) is 10.6 Å². The van der Waals surface area contributed by atoms with E-state index < -0.39 is 0 Å². The van der Waals surface area contributed by atoms with Gasteiger partial charge in [0.25, 0.3) is 0 Å². The van der Waals surface area contributed by atoms with E-state index in [0.29, 0.717) is 12.2 Å². The van der Waals surface area contributed by atoms with Crippen molar-refractivity contribution in [3.8, 4) is 0 Å². The van der Waals surface area contributed by atoms with E-state index in [0.717, 1.165) is 17.7 Å². The van der Waals surface area contributed by atoms with Crippen molar-refractivity contribution in [2.24, 2.45) is 0 Å². The highest BCUT2D eigenvalue weighted by Crippen LogP contribution is 2.22. The standard InChI is InChI=1S/C19H20FN3O2/c1-2-13-5-3-4-6-17(13)22-19(25)21-15-11-18(24)23(12-15)16-9-7-14(20)8-10-16/h3-10,15H,2,11-12H2,1H3,(H2,21,22,25)/t15-/m0/s1. The molecule has 0 unspecified atom stereocenters. The van der Waals surface area contributed by atoms with Gasteiger partial charge in [0, 0.05) is 24.3 Å². The summed E-state index contributed by atoms with van der Waals surface area (Å²) in [5, 5.41) is 5.67. The summed E-state index contributed by atoms with van der Waals surface area (Å²) in [6.45, 7) is 2.39. The maximum Gasteiger partial charge on any atom is 0.319 e. The molecule has 0 aromatic heterocycles. The summed E-state index contributed by atoms with van der Waals surface area (Å²) in [5.41, 5.74) is 2.45. The van der Waals surface area contributed by atoms with E-state index in [1.165, 1.54) is 12.1 Å². The van der Waals surface area contributed by atoms with Gasteiger partial charge in [-0.3, -0.25) is 4.79 Å². The van der Waals surface area contributed by atoms with Crippen LogP contribution in [-0.2, 0) is 11.2 Å². The molecule has 1 fully saturated rings. The maximum absolute atomic E-state index is 13.0. The molecule has 2 N–H and O–H groups in total. The summed E-state index contributed by atoms with van der Waals surface area (Å²) in [6.07, 6.45) is 1.04. The Morgan fingerprint density at radius 3 is 2.64 bits per heavy atom. The Kier molecular flexibility index (Phi) is 4.97. The molecule has 1 heterocycles. The van der Waals surface area contributed by atoms with Crippen LogP contribution in [0.1, 0.15) is 18.9 Å². The van der Waals surface area contributed by atoms with Crippen LogP contribution in [0.5, 0.6) is 0 Å². The predicted molar refractivity (Wildman–Crippen MR) is 95.1 cm³/mol. The minimum absolute atomic E-state index is 0.0918. The number of carbonyl (C=O) groups excluding carboxylic acids is 2. The van der Waals surface area contributed by atoms with Gasteiger partial charge in [-0.25, -0.2) is 9.18 Å². The van der Waals surface area contributed by atoms with Gasteiger partial charge in [0.05, 0.1) is 6.04 Å². The molecule has 0 spiro atoms. The van der Waals surface area contributed by atoms with Crippen molar-refractivity contribution < 1.29 is 14.0 Å². The molecule has 0 radical (unpaired) electrons. The molecule has 6 heteroatoms. The molecular weight excluding hydrogens is 321 g/mol. The first-order valence-electron chi connectivity index (χ1n) is 8.28. The van der Waals surface area contributed by atoms with Crippen LogP contribution in [0.4, 0.5) is 20.6 Å². The maximum atomic E-state index is 13.0. The predicted octanol–water partition coefficient (Wildman–Crippen LogP) is 3.32. The van der Waals surface area contributed by atoms with E-state index in [4.69, 9.17) is 0 Å². The minimum Gasteiger partial charge on any atom is -0.333 e. The zero-order chi connectivity index (χ0) is 17.8. The Hall–Kier alpha value is -2.89. The van der Waals surface area contributed by atoms with Crippen LogP contribution < -0.4 is 15.5 Å². The normalized spacial score (nSPS) is 16.8. The SMILES string of the molecule is CCc1ccccc1NC(=O)N[C@H]1CC(=O)N(c2ccc(F)cc2)C1. The van der Waals surface area contributed by atoms with Crippen LogP contribution in [-0.4, -0.2) is 24.5 Å². The van der Waals surface area contributed by atoms with E-state index in [1.54, 1.807) is 17.0 Å². The van der Waals surface area contributed by atoms with Gasteiger partial charge in [-0.05, 0) is 42.3 Å². The van der Waals surface area contributed by atoms with E-state index in [-0.39, 0.29) is 30.2 Å². The van der Waals surface area contributed by atoms with Gasteiger partial charge in [0.15, 0.2) is 0 Å². The fourth-order valence-electron chi connectivity index (χ4n) is 2.97. The van der Waals surface area contributed by atoms with Gasteiger partial charge in [0.1, 0.15) is 5.82 Å². The second kappa shape index (κ2) is 7.34. The van der Waals surface area contributed by atoms with Crippen LogP contribution in [0.15, 0.2) is 48.5 Å². The second-order valence-electron chi connectivity index (χ2n) is 5.99. The van der Waals surface area contributed by atoms with Crippen LogP contribution in [0.3, 0.4) is 0 Å². The highest BCUT2D eigenvalue weighted by atomic mass is 19.1. The number of rotatable bonds is 4. The van der Waals surface area contributed by atoms with Gasteiger partial charge >= 0.3 is 6.03 Å². The number of halogens is 1. The summed E-state index contributed by atoms with van der Waals surface area (Å²) < 4.78 is 13.0. The number of anilines is 2. The lowest BCUT2D eigenvalue weighted by atomic mass is 10.1. The van der Waals surface area contributed by atoms with Crippen molar-refractivity contribution in [3.05, 3.63) is 59.9 Å². The van der Waals surface area contributed by atoms with Crippen molar-refractivity contribution in [2.75, 3.05) is 16.8 Å². The molecule has 1 saturated heterocycles. The number of aryl methyl sites for hydroxylation is 1. The molecule has 25 heavy (non-hydrogen) atoms. The first-order chi connectivity index (χ1) is 12.1. The summed E-state index contributed by atoms with van der Waals surface area (Å²) in [7, 11) is 0. The first kappa shape index (κ1) is 17.0. The molecule has 0 saturated carbocycles. The number of nitrogens with one attached hydrogen (secondary N) is 2. The lowest BCUT2D eigenvalue weighted by molar-refractivity contribution is -0.117. The van der Waals surface area contributed by atoms with Crippen molar-refractivity contribution >= 4 is 23.3 Å². The van der Waals surface area contributed by atoms with Gasteiger partial charge in [-0.2, -0.15) is 0 Å². The fourth-order valence-corrected chi connectivity index (χ4v) is 2.97. The van der Waals surface area contributed by atoms with Gasteiger partial charge in [0.2, 0.25) is 5.91 Å². The summed E-state index contributed by atoms with van der Waals surface area (Å²) >= 11 is 0. The molecular formula is C19H20FN3O2. The number of amides is 3. The molecule has 1 aliphatic heterocycles. The summed E-state index contributed by atoms with van der Waals surface area (Å²) in [4.78, 5) is 26.0. The Balaban J connectivity index is 1.61. The number of urea groups is 1. The number of nitrogens with zero attached hydrogens (tertiary/aromatic N) is 1. The number of hydrogen-bond acceptors (Lipinski definition) is 2. The molecule has 1 atom stereocenters. The molecule has 130 valence electrons. The third-order valence-corrected chi connectivity index (χ3v) is 4.25. The van der Waals surface area contributed by atoms with Gasteiger partial charge in [-0.15, -0.1) is 0 Å². The van der Waals surface area contributed by atoms with E-state index in [9.17, 15) is 14.0 Å². The molecule has 3 rings (SSSR count). The van der Waals surface area contributed by atoms with Crippen LogP contribution in [0.25, 0.3) is 0 Å². The molecule has 3 amide bonds. The average molecular weight is 341 g/mol. The zero-order valence-corrected chi connectivity index (χ0v) is 14.0. The lowest BCUT2D eigenvalue weighted by Gasteiger charge is -2.18. The third kappa shape index (κ3) is 3.96. The molecule has 2 aromatic rings. The Bertz CT molecular complexity index is 776. The van der Waals surface area contributed by atoms with Crippen molar-refractivity contribution in [3.63, 3.8) is 0 Å². The van der Waals surface area contributed by atoms with E-state index in [1.807, 2.05) is 31.2 Å². The number of carbonyl (C=O) groups is 2. The Labute approximate surface area is 145 Å².